The number of benzene rings is 3. The Balaban J connectivity index is 0.00000272. The van der Waals surface area contributed by atoms with Crippen molar-refractivity contribution in [1.82, 2.24) is 5.32 Å². The average molecular weight is 464 g/mol. The topological polar surface area (TPSA) is 70.9 Å². The maximum absolute atomic E-state index is 11.5. The molecule has 1 aliphatic heterocycles. The molecule has 2 atom stereocenters. The Hall–Kier alpha value is -2.02. The summed E-state index contributed by atoms with van der Waals surface area (Å²) < 4.78 is 5.46. The Morgan fingerprint density at radius 3 is 2.10 bits per heavy atom. The van der Waals surface area contributed by atoms with Gasteiger partial charge in [-0.1, -0.05) is 47.5 Å². The summed E-state index contributed by atoms with van der Waals surface area (Å²) >= 11 is 12.1. The van der Waals surface area contributed by atoms with Crippen molar-refractivity contribution in [2.75, 3.05) is 7.11 Å². The van der Waals surface area contributed by atoms with Gasteiger partial charge in [-0.15, -0.1) is 0 Å². The molecule has 152 valence electrons. The van der Waals surface area contributed by atoms with Gasteiger partial charge >= 0.3 is 35.5 Å². The molecule has 0 saturated carbocycles. The molecule has 3 aromatic rings. The molecule has 0 aliphatic carbocycles. The van der Waals surface area contributed by atoms with E-state index in [4.69, 9.17) is 32.9 Å². The number of carbonyl (C=O) groups is 1. The fourth-order valence-electron chi connectivity index (χ4n) is 3.51. The van der Waals surface area contributed by atoms with E-state index in [9.17, 15) is 9.90 Å². The van der Waals surface area contributed by atoms with E-state index in [0.717, 1.165) is 11.1 Å². The standard InChI is InChI=1S/C23H18Cl2N2O3.Na/c1-30-19-11-6-15(23(28)29)12-18(19)22-26-20(13-2-7-16(24)8-3-13)21(27-22)14-4-9-17(25)10-5-14;/h2-12,20-21H,1H3,(H,26,27)(H,28,29);/q;+1/t20-,21+;. The van der Waals surface area contributed by atoms with Crippen LogP contribution in [0.4, 0.5) is 0 Å². The molecule has 4 rings (SSSR count). The minimum Gasteiger partial charge on any atom is -0.496 e. The Bertz CT molecular complexity index is 1120. The Morgan fingerprint density at radius 2 is 1.55 bits per heavy atom. The number of hydrogen-bond donors (Lipinski definition) is 2. The molecule has 0 amide bonds. The van der Waals surface area contributed by atoms with Crippen molar-refractivity contribution in [3.8, 4) is 5.75 Å². The molecule has 8 heteroatoms. The summed E-state index contributed by atoms with van der Waals surface area (Å²) in [6.45, 7) is 0. The van der Waals surface area contributed by atoms with Crippen molar-refractivity contribution in [2.24, 2.45) is 4.99 Å². The first kappa shape index (κ1) is 23.6. The van der Waals surface area contributed by atoms with Crippen LogP contribution in [0.25, 0.3) is 0 Å². The molecule has 0 aromatic heterocycles. The molecule has 3 aromatic carbocycles. The van der Waals surface area contributed by atoms with Gasteiger partial charge in [0.25, 0.3) is 0 Å². The third-order valence-corrected chi connectivity index (χ3v) is 5.52. The Morgan fingerprint density at radius 1 is 0.968 bits per heavy atom. The van der Waals surface area contributed by atoms with E-state index in [1.54, 1.807) is 19.2 Å². The van der Waals surface area contributed by atoms with E-state index in [0.29, 0.717) is 27.2 Å². The summed E-state index contributed by atoms with van der Waals surface area (Å²) in [5.74, 6) is 0.0914. The number of amidine groups is 1. The molecule has 1 heterocycles. The molecule has 5 nitrogen and oxygen atoms in total. The smallest absolute Gasteiger partial charge is 0.496 e. The van der Waals surface area contributed by atoms with Crippen LogP contribution in [0.15, 0.2) is 71.7 Å². The van der Waals surface area contributed by atoms with Crippen molar-refractivity contribution in [2.45, 2.75) is 12.1 Å². The number of aromatic carboxylic acids is 1. The van der Waals surface area contributed by atoms with E-state index >= 15 is 0 Å². The van der Waals surface area contributed by atoms with Gasteiger partial charge in [0.15, 0.2) is 0 Å². The van der Waals surface area contributed by atoms with Crippen LogP contribution in [-0.4, -0.2) is 24.0 Å². The molecule has 31 heavy (non-hydrogen) atoms. The van der Waals surface area contributed by atoms with Crippen LogP contribution in [0.1, 0.15) is 39.1 Å². The number of nitrogens with zero attached hydrogens (tertiary/aromatic N) is 1. The number of carboxylic acid groups (broad SMARTS) is 1. The molecule has 0 radical (unpaired) electrons. The van der Waals surface area contributed by atoms with Gasteiger partial charge in [-0.2, -0.15) is 0 Å². The zero-order valence-corrected chi connectivity index (χ0v) is 20.5. The van der Waals surface area contributed by atoms with Gasteiger partial charge in [-0.05, 0) is 53.6 Å². The summed E-state index contributed by atoms with van der Waals surface area (Å²) in [5.41, 5.74) is 2.74. The van der Waals surface area contributed by atoms with Gasteiger partial charge in [-0.25, -0.2) is 4.79 Å². The van der Waals surface area contributed by atoms with Crippen molar-refractivity contribution in [3.63, 3.8) is 0 Å². The number of carboxylic acids is 1. The van der Waals surface area contributed by atoms with Crippen molar-refractivity contribution >= 4 is 35.0 Å². The van der Waals surface area contributed by atoms with Gasteiger partial charge in [0.1, 0.15) is 17.6 Å². The number of aliphatic imine (C=N–C) groups is 1. The van der Waals surface area contributed by atoms with Crippen LogP contribution in [0.5, 0.6) is 5.75 Å². The van der Waals surface area contributed by atoms with Crippen molar-refractivity contribution in [1.29, 1.82) is 0 Å². The zero-order chi connectivity index (χ0) is 21.3. The number of halogens is 2. The zero-order valence-electron chi connectivity index (χ0n) is 17.0. The summed E-state index contributed by atoms with van der Waals surface area (Å²) in [4.78, 5) is 16.4. The van der Waals surface area contributed by atoms with E-state index in [1.165, 1.54) is 6.07 Å². The van der Waals surface area contributed by atoms with E-state index in [1.807, 2.05) is 48.5 Å². The molecule has 0 saturated heterocycles. The number of ether oxygens (including phenoxy) is 1. The second-order valence-corrected chi connectivity index (χ2v) is 7.74. The summed E-state index contributed by atoms with van der Waals surface area (Å²) in [5, 5.41) is 14.1. The number of rotatable bonds is 5. The largest absolute Gasteiger partial charge is 1.00 e. The monoisotopic (exact) mass is 463 g/mol. The first-order valence-corrected chi connectivity index (χ1v) is 9.99. The molecule has 2 N–H and O–H groups in total. The van der Waals surface area contributed by atoms with Gasteiger partial charge in [0.05, 0.1) is 24.3 Å². The van der Waals surface area contributed by atoms with Crippen LogP contribution in [-0.2, 0) is 0 Å². The molecular formula is C23H18Cl2N2NaO3+. The van der Waals surface area contributed by atoms with Crippen molar-refractivity contribution < 1.29 is 44.2 Å². The van der Waals surface area contributed by atoms with Gasteiger partial charge in [-0.3, -0.25) is 4.99 Å². The summed E-state index contributed by atoms with van der Waals surface area (Å²) in [7, 11) is 1.54. The number of nitrogens with one attached hydrogen (secondary N) is 1. The van der Waals surface area contributed by atoms with Gasteiger partial charge < -0.3 is 15.2 Å². The number of methoxy groups -OCH3 is 1. The second kappa shape index (κ2) is 10.1. The normalized spacial score (nSPS) is 17.3. The van der Waals surface area contributed by atoms with Crippen LogP contribution in [0.3, 0.4) is 0 Å². The molecule has 0 unspecified atom stereocenters. The predicted molar refractivity (Wildman–Crippen MR) is 118 cm³/mol. The van der Waals surface area contributed by atoms with Gasteiger partial charge in [0.2, 0.25) is 0 Å². The van der Waals surface area contributed by atoms with E-state index in [-0.39, 0.29) is 47.2 Å². The Kier molecular flexibility index (Phi) is 7.68. The minimum atomic E-state index is -1.01. The van der Waals surface area contributed by atoms with Crippen LogP contribution < -0.4 is 39.6 Å². The third kappa shape index (κ3) is 5.08. The molecule has 0 fully saturated rings. The van der Waals surface area contributed by atoms with E-state index in [2.05, 4.69) is 5.32 Å². The minimum absolute atomic E-state index is 0. The summed E-state index contributed by atoms with van der Waals surface area (Å²) in [6.07, 6.45) is 0. The SMILES string of the molecule is COc1ccc(C(=O)O)cc1C1=N[C@H](c2ccc(Cl)cc2)[C@H](c2ccc(Cl)cc2)N1.[Na+]. The maximum Gasteiger partial charge on any atom is 1.00 e. The summed E-state index contributed by atoms with van der Waals surface area (Å²) in [6, 6.07) is 19.4. The quantitative estimate of drug-likeness (QED) is 0.570. The average Bonchev–Trinajstić information content (AvgIpc) is 3.19. The van der Waals surface area contributed by atoms with E-state index < -0.39 is 5.97 Å². The number of hydrogen-bond acceptors (Lipinski definition) is 4. The first-order valence-electron chi connectivity index (χ1n) is 9.23. The van der Waals surface area contributed by atoms with Crippen molar-refractivity contribution in [3.05, 3.63) is 99.0 Å². The molecular weight excluding hydrogens is 446 g/mol. The predicted octanol–water partition coefficient (Wildman–Crippen LogP) is 2.54. The third-order valence-electron chi connectivity index (χ3n) is 5.02. The molecule has 0 spiro atoms. The Labute approximate surface area is 212 Å². The van der Waals surface area contributed by atoms with Crippen LogP contribution in [0, 0.1) is 0 Å². The van der Waals surface area contributed by atoms with Crippen LogP contribution in [0.2, 0.25) is 10.0 Å². The first-order chi connectivity index (χ1) is 14.5. The maximum atomic E-state index is 11.5. The fourth-order valence-corrected chi connectivity index (χ4v) is 3.77. The fraction of sp³-hybridized carbons (Fsp3) is 0.130. The van der Waals surface area contributed by atoms with Crippen LogP contribution >= 0.6 is 23.2 Å². The van der Waals surface area contributed by atoms with Gasteiger partial charge in [0, 0.05) is 10.0 Å². The second-order valence-electron chi connectivity index (χ2n) is 6.87. The molecule has 1 aliphatic rings. The molecule has 0 bridgehead atoms.